The summed E-state index contributed by atoms with van der Waals surface area (Å²) in [7, 11) is 1.75. The number of hydrogen-bond acceptors (Lipinski definition) is 3. The number of hydrogen-bond donors (Lipinski definition) is 2. The summed E-state index contributed by atoms with van der Waals surface area (Å²) in [4.78, 5) is 14.1. The Hall–Kier alpha value is -1.58. The van der Waals surface area contributed by atoms with Crippen LogP contribution < -0.4 is 10.6 Å². The maximum atomic E-state index is 10.1. The number of nitrogens with zero attached hydrogens (tertiary/aromatic N) is 1. The standard InChI is InChI=1S/C7H9N3O/c1-8-7-6(10-5-11)3-2-4-9-7/h2-5H,1H3,(H,8,9)(H,10,11). The minimum absolute atomic E-state index is 0.623. The van der Waals surface area contributed by atoms with Crippen LogP contribution in [-0.2, 0) is 4.79 Å². The molecule has 1 aromatic heterocycles. The summed E-state index contributed by atoms with van der Waals surface area (Å²) in [5.41, 5.74) is 0.685. The van der Waals surface area contributed by atoms with E-state index in [0.717, 1.165) is 0 Å². The first-order valence-electron chi connectivity index (χ1n) is 3.21. The molecule has 2 N–H and O–H groups in total. The van der Waals surface area contributed by atoms with Gasteiger partial charge < -0.3 is 10.6 Å². The largest absolute Gasteiger partial charge is 0.371 e. The second kappa shape index (κ2) is 3.55. The first-order valence-corrected chi connectivity index (χ1v) is 3.21. The third-order valence-corrected chi connectivity index (χ3v) is 1.26. The van der Waals surface area contributed by atoms with E-state index in [9.17, 15) is 4.79 Å². The van der Waals surface area contributed by atoms with Crippen molar-refractivity contribution in [3.8, 4) is 0 Å². The molecule has 1 rings (SSSR count). The fourth-order valence-electron chi connectivity index (χ4n) is 0.784. The molecule has 1 aromatic rings. The van der Waals surface area contributed by atoms with Crippen molar-refractivity contribution in [1.29, 1.82) is 0 Å². The molecule has 0 saturated carbocycles. The molecule has 58 valence electrons. The monoisotopic (exact) mass is 151 g/mol. The molecule has 0 radical (unpaired) electrons. The van der Waals surface area contributed by atoms with Gasteiger partial charge in [-0.2, -0.15) is 0 Å². The van der Waals surface area contributed by atoms with E-state index in [1.807, 2.05) is 0 Å². The molecule has 0 aliphatic rings. The van der Waals surface area contributed by atoms with Crippen molar-refractivity contribution >= 4 is 17.9 Å². The number of nitrogens with one attached hydrogen (secondary N) is 2. The molecule has 0 aliphatic carbocycles. The van der Waals surface area contributed by atoms with E-state index in [1.54, 1.807) is 25.4 Å². The first-order chi connectivity index (χ1) is 5.38. The summed E-state index contributed by atoms with van der Waals surface area (Å²) in [5.74, 6) is 0.666. The second-order valence-corrected chi connectivity index (χ2v) is 1.91. The van der Waals surface area contributed by atoms with Gasteiger partial charge in [0, 0.05) is 13.2 Å². The van der Waals surface area contributed by atoms with Gasteiger partial charge in [0.25, 0.3) is 0 Å². The van der Waals surface area contributed by atoms with E-state index in [0.29, 0.717) is 17.9 Å². The summed E-state index contributed by atoms with van der Waals surface area (Å²) < 4.78 is 0. The lowest BCUT2D eigenvalue weighted by Crippen LogP contribution is -2.00. The minimum atomic E-state index is 0.623. The van der Waals surface area contributed by atoms with E-state index in [1.165, 1.54) is 0 Å². The van der Waals surface area contributed by atoms with Gasteiger partial charge in [0.05, 0.1) is 5.69 Å². The number of carbonyl (C=O) groups is 1. The molecule has 0 fully saturated rings. The van der Waals surface area contributed by atoms with E-state index < -0.39 is 0 Å². The highest BCUT2D eigenvalue weighted by Crippen LogP contribution is 2.15. The van der Waals surface area contributed by atoms with Crippen LogP contribution in [0.5, 0.6) is 0 Å². The Morgan fingerprint density at radius 2 is 2.45 bits per heavy atom. The highest BCUT2D eigenvalue weighted by molar-refractivity contribution is 5.78. The molecule has 0 unspecified atom stereocenters. The number of amides is 1. The number of carbonyl (C=O) groups excluding carboxylic acids is 1. The van der Waals surface area contributed by atoms with Gasteiger partial charge in [-0.1, -0.05) is 0 Å². The van der Waals surface area contributed by atoms with Crippen LogP contribution in [0.1, 0.15) is 0 Å². The van der Waals surface area contributed by atoms with Gasteiger partial charge in [0.15, 0.2) is 0 Å². The Morgan fingerprint density at radius 3 is 3.09 bits per heavy atom. The Kier molecular flexibility index (Phi) is 2.43. The number of rotatable bonds is 3. The molecule has 4 nitrogen and oxygen atoms in total. The number of pyridine rings is 1. The van der Waals surface area contributed by atoms with Crippen molar-refractivity contribution in [2.24, 2.45) is 0 Å². The molecule has 0 saturated heterocycles. The Morgan fingerprint density at radius 1 is 1.64 bits per heavy atom. The smallest absolute Gasteiger partial charge is 0.211 e. The number of anilines is 2. The van der Waals surface area contributed by atoms with Gasteiger partial charge in [0.2, 0.25) is 6.41 Å². The van der Waals surface area contributed by atoms with E-state index in [2.05, 4.69) is 15.6 Å². The lowest BCUT2D eigenvalue weighted by molar-refractivity contribution is -0.105. The summed E-state index contributed by atoms with van der Waals surface area (Å²) in [6, 6.07) is 3.53. The normalized spacial score (nSPS) is 8.82. The van der Waals surface area contributed by atoms with Crippen molar-refractivity contribution in [2.45, 2.75) is 0 Å². The molecule has 1 amide bonds. The lowest BCUT2D eigenvalue weighted by Gasteiger charge is -2.04. The third kappa shape index (κ3) is 1.67. The van der Waals surface area contributed by atoms with Crippen LogP contribution in [0.2, 0.25) is 0 Å². The second-order valence-electron chi connectivity index (χ2n) is 1.91. The zero-order chi connectivity index (χ0) is 8.10. The quantitative estimate of drug-likeness (QED) is 0.625. The zero-order valence-corrected chi connectivity index (χ0v) is 6.16. The maximum absolute atomic E-state index is 10.1. The molecule has 11 heavy (non-hydrogen) atoms. The van der Waals surface area contributed by atoms with Gasteiger partial charge in [-0.25, -0.2) is 4.98 Å². The Labute approximate surface area is 64.6 Å². The van der Waals surface area contributed by atoms with Crippen LogP contribution in [0.25, 0.3) is 0 Å². The Bertz CT molecular complexity index is 249. The average molecular weight is 151 g/mol. The molecule has 0 atom stereocenters. The summed E-state index contributed by atoms with van der Waals surface area (Å²) in [6.45, 7) is 0. The predicted octanol–water partition coefficient (Wildman–Crippen LogP) is 0.692. The van der Waals surface area contributed by atoms with Crippen molar-refractivity contribution in [1.82, 2.24) is 4.98 Å². The highest BCUT2D eigenvalue weighted by Gasteiger charge is 1.96. The molecule has 0 spiro atoms. The molecular weight excluding hydrogens is 142 g/mol. The highest BCUT2D eigenvalue weighted by atomic mass is 16.1. The summed E-state index contributed by atoms with van der Waals surface area (Å²) >= 11 is 0. The fourth-order valence-corrected chi connectivity index (χ4v) is 0.784. The Balaban J connectivity index is 2.92. The van der Waals surface area contributed by atoms with Crippen LogP contribution in [0.4, 0.5) is 11.5 Å². The van der Waals surface area contributed by atoms with Crippen molar-refractivity contribution in [3.63, 3.8) is 0 Å². The SMILES string of the molecule is CNc1ncccc1NC=O. The van der Waals surface area contributed by atoms with Crippen LogP contribution >= 0.6 is 0 Å². The van der Waals surface area contributed by atoms with Crippen LogP contribution in [0.3, 0.4) is 0 Å². The maximum Gasteiger partial charge on any atom is 0.211 e. The average Bonchev–Trinajstić information content (AvgIpc) is 2.06. The van der Waals surface area contributed by atoms with Crippen LogP contribution in [-0.4, -0.2) is 18.4 Å². The lowest BCUT2D eigenvalue weighted by atomic mass is 10.4. The van der Waals surface area contributed by atoms with Gasteiger partial charge in [-0.3, -0.25) is 4.79 Å². The fraction of sp³-hybridized carbons (Fsp3) is 0.143. The summed E-state index contributed by atoms with van der Waals surface area (Å²) in [5, 5.41) is 5.37. The minimum Gasteiger partial charge on any atom is -0.371 e. The number of aromatic nitrogens is 1. The van der Waals surface area contributed by atoms with E-state index in [-0.39, 0.29) is 0 Å². The van der Waals surface area contributed by atoms with Gasteiger partial charge >= 0.3 is 0 Å². The van der Waals surface area contributed by atoms with Crippen molar-refractivity contribution in [2.75, 3.05) is 17.7 Å². The first kappa shape index (κ1) is 7.53. The molecule has 0 aromatic carbocycles. The summed E-state index contributed by atoms with van der Waals surface area (Å²) in [6.07, 6.45) is 2.28. The van der Waals surface area contributed by atoms with Gasteiger partial charge in [-0.15, -0.1) is 0 Å². The molecule has 4 heteroatoms. The topological polar surface area (TPSA) is 54.0 Å². The van der Waals surface area contributed by atoms with Crippen molar-refractivity contribution < 1.29 is 4.79 Å². The van der Waals surface area contributed by atoms with E-state index >= 15 is 0 Å². The third-order valence-electron chi connectivity index (χ3n) is 1.26. The van der Waals surface area contributed by atoms with Crippen LogP contribution in [0.15, 0.2) is 18.3 Å². The molecule has 0 aliphatic heterocycles. The molecular formula is C7H9N3O. The predicted molar refractivity (Wildman–Crippen MR) is 43.5 cm³/mol. The van der Waals surface area contributed by atoms with Gasteiger partial charge in [0.1, 0.15) is 5.82 Å². The molecule has 0 bridgehead atoms. The van der Waals surface area contributed by atoms with E-state index in [4.69, 9.17) is 0 Å². The van der Waals surface area contributed by atoms with Crippen molar-refractivity contribution in [3.05, 3.63) is 18.3 Å². The van der Waals surface area contributed by atoms with Gasteiger partial charge in [-0.05, 0) is 12.1 Å². The molecule has 1 heterocycles. The van der Waals surface area contributed by atoms with Crippen LogP contribution in [0, 0.1) is 0 Å². The zero-order valence-electron chi connectivity index (χ0n) is 6.16.